The highest BCUT2D eigenvalue weighted by Gasteiger charge is 2.27. The molecule has 5 nitrogen and oxygen atoms in total. The van der Waals surface area contributed by atoms with Gasteiger partial charge in [0.15, 0.2) is 5.96 Å². The van der Waals surface area contributed by atoms with Crippen molar-refractivity contribution in [1.29, 1.82) is 0 Å². The number of ether oxygens (including phenoxy) is 1. The Labute approximate surface area is 168 Å². The molecule has 0 bridgehead atoms. The summed E-state index contributed by atoms with van der Waals surface area (Å²) in [6.07, 6.45) is 1.65. The van der Waals surface area contributed by atoms with E-state index in [4.69, 9.17) is 9.73 Å². The lowest BCUT2D eigenvalue weighted by atomic mass is 9.97. The molecule has 1 N–H and O–H groups in total. The molecule has 1 aliphatic rings. The number of aryl methyl sites for hydroxylation is 1. The van der Waals surface area contributed by atoms with Gasteiger partial charge in [-0.2, -0.15) is 0 Å². The Bertz CT molecular complexity index is 552. The zero-order chi connectivity index (χ0) is 17.4. The lowest BCUT2D eigenvalue weighted by molar-refractivity contribution is -0.149. The molecule has 0 amide bonds. The molecule has 1 aliphatic heterocycles. The number of carbonyl (C=O) groups is 1. The van der Waals surface area contributed by atoms with Crippen molar-refractivity contribution >= 4 is 35.9 Å². The molecule has 0 radical (unpaired) electrons. The Morgan fingerprint density at radius 1 is 1.24 bits per heavy atom. The first kappa shape index (κ1) is 21.7. The fourth-order valence-electron chi connectivity index (χ4n) is 2.87. The second kappa shape index (κ2) is 11.3. The van der Waals surface area contributed by atoms with Gasteiger partial charge in [0.1, 0.15) is 0 Å². The number of aliphatic imine (C=N–C) groups is 1. The van der Waals surface area contributed by atoms with Gasteiger partial charge < -0.3 is 15.0 Å². The van der Waals surface area contributed by atoms with Gasteiger partial charge in [-0.05, 0) is 39.2 Å². The number of piperidine rings is 1. The average Bonchev–Trinajstić information content (AvgIpc) is 2.60. The summed E-state index contributed by atoms with van der Waals surface area (Å²) in [5.41, 5.74) is 2.47. The van der Waals surface area contributed by atoms with Gasteiger partial charge in [0.25, 0.3) is 0 Å². The third kappa shape index (κ3) is 6.84. The van der Waals surface area contributed by atoms with Crippen molar-refractivity contribution in [2.45, 2.75) is 40.2 Å². The topological polar surface area (TPSA) is 53.9 Å². The molecule has 140 valence electrons. The summed E-state index contributed by atoms with van der Waals surface area (Å²) in [5.74, 6) is 0.903. The molecule has 0 spiro atoms. The van der Waals surface area contributed by atoms with Gasteiger partial charge >= 0.3 is 5.97 Å². The molecule has 0 aliphatic carbocycles. The molecular weight excluding hydrogens is 429 g/mol. The molecule has 0 atom stereocenters. The average molecular weight is 459 g/mol. The molecule has 1 aromatic carbocycles. The lowest BCUT2D eigenvalue weighted by Crippen LogP contribution is -2.46. The van der Waals surface area contributed by atoms with E-state index in [9.17, 15) is 4.79 Å². The van der Waals surface area contributed by atoms with Gasteiger partial charge in [-0.15, -0.1) is 24.0 Å². The third-order valence-corrected chi connectivity index (χ3v) is 4.28. The van der Waals surface area contributed by atoms with E-state index in [-0.39, 0.29) is 35.9 Å². The highest BCUT2D eigenvalue weighted by molar-refractivity contribution is 14.0. The van der Waals surface area contributed by atoms with Crippen LogP contribution in [-0.4, -0.2) is 43.1 Å². The van der Waals surface area contributed by atoms with Crippen LogP contribution in [0.15, 0.2) is 29.3 Å². The summed E-state index contributed by atoms with van der Waals surface area (Å²) >= 11 is 0. The van der Waals surface area contributed by atoms with Crippen molar-refractivity contribution in [3.8, 4) is 0 Å². The maximum atomic E-state index is 11.9. The molecule has 1 fully saturated rings. The van der Waals surface area contributed by atoms with Crippen LogP contribution in [0.4, 0.5) is 0 Å². The first-order valence-corrected chi connectivity index (χ1v) is 8.89. The molecule has 0 aromatic heterocycles. The Hall–Kier alpha value is -1.31. The van der Waals surface area contributed by atoms with Crippen molar-refractivity contribution in [2.75, 3.05) is 26.2 Å². The summed E-state index contributed by atoms with van der Waals surface area (Å²) in [6.45, 7) is 9.66. The van der Waals surface area contributed by atoms with Crippen LogP contribution in [-0.2, 0) is 16.1 Å². The molecule has 0 saturated carbocycles. The number of esters is 1. The lowest BCUT2D eigenvalue weighted by Gasteiger charge is -2.33. The summed E-state index contributed by atoms with van der Waals surface area (Å²) in [6, 6.07) is 8.47. The number of nitrogens with one attached hydrogen (secondary N) is 1. The van der Waals surface area contributed by atoms with E-state index in [2.05, 4.69) is 48.3 Å². The van der Waals surface area contributed by atoms with Crippen LogP contribution in [0.1, 0.15) is 37.8 Å². The van der Waals surface area contributed by atoms with Gasteiger partial charge in [0.2, 0.25) is 0 Å². The summed E-state index contributed by atoms with van der Waals surface area (Å²) in [7, 11) is 0. The molecule has 6 heteroatoms. The first-order chi connectivity index (χ1) is 11.6. The number of carbonyl (C=O) groups excluding carboxylic acids is 1. The van der Waals surface area contributed by atoms with Crippen LogP contribution in [0, 0.1) is 12.8 Å². The minimum Gasteiger partial charge on any atom is -0.466 e. The first-order valence-electron chi connectivity index (χ1n) is 8.89. The Morgan fingerprint density at radius 3 is 2.44 bits per heavy atom. The molecule has 0 unspecified atom stereocenters. The smallest absolute Gasteiger partial charge is 0.309 e. The van der Waals surface area contributed by atoms with E-state index in [1.165, 1.54) is 11.1 Å². The quantitative estimate of drug-likeness (QED) is 0.318. The monoisotopic (exact) mass is 459 g/mol. The third-order valence-electron chi connectivity index (χ3n) is 4.28. The number of halogens is 1. The van der Waals surface area contributed by atoms with Crippen molar-refractivity contribution in [3.05, 3.63) is 35.4 Å². The Morgan fingerprint density at radius 2 is 1.88 bits per heavy atom. The number of likely N-dealkylation sites (tertiary alicyclic amines) is 1. The molecule has 1 heterocycles. The van der Waals surface area contributed by atoms with Gasteiger partial charge in [0, 0.05) is 19.6 Å². The highest BCUT2D eigenvalue weighted by atomic mass is 127. The molecule has 1 saturated heterocycles. The summed E-state index contributed by atoms with van der Waals surface area (Å²) < 4.78 is 5.14. The predicted molar refractivity (Wildman–Crippen MR) is 112 cm³/mol. The van der Waals surface area contributed by atoms with Crippen LogP contribution in [0.2, 0.25) is 0 Å². The van der Waals surface area contributed by atoms with E-state index >= 15 is 0 Å². The Balaban J connectivity index is 0.00000312. The second-order valence-corrected chi connectivity index (χ2v) is 6.17. The zero-order valence-corrected chi connectivity index (χ0v) is 17.8. The van der Waals surface area contributed by atoms with Gasteiger partial charge in [-0.3, -0.25) is 4.79 Å². The van der Waals surface area contributed by atoms with Crippen molar-refractivity contribution < 1.29 is 9.53 Å². The number of benzene rings is 1. The summed E-state index contributed by atoms with van der Waals surface area (Å²) in [5, 5.41) is 3.36. The number of rotatable bonds is 5. The minimum absolute atomic E-state index is 0. The van der Waals surface area contributed by atoms with Crippen molar-refractivity contribution in [2.24, 2.45) is 10.9 Å². The van der Waals surface area contributed by atoms with Crippen molar-refractivity contribution in [3.63, 3.8) is 0 Å². The predicted octanol–water partition coefficient (Wildman–Crippen LogP) is 3.35. The fourth-order valence-corrected chi connectivity index (χ4v) is 2.87. The van der Waals surface area contributed by atoms with Crippen molar-refractivity contribution in [1.82, 2.24) is 10.2 Å². The maximum absolute atomic E-state index is 11.9. The maximum Gasteiger partial charge on any atom is 0.309 e. The fraction of sp³-hybridized carbons (Fsp3) is 0.579. The van der Waals surface area contributed by atoms with E-state index in [1.807, 2.05) is 6.92 Å². The zero-order valence-electron chi connectivity index (χ0n) is 15.5. The molecule has 25 heavy (non-hydrogen) atoms. The van der Waals surface area contributed by atoms with Crippen LogP contribution in [0.3, 0.4) is 0 Å². The van der Waals surface area contributed by atoms with Gasteiger partial charge in [0.05, 0.1) is 19.1 Å². The number of guanidine groups is 1. The van der Waals surface area contributed by atoms with Crippen LogP contribution >= 0.6 is 24.0 Å². The number of hydrogen-bond donors (Lipinski definition) is 1. The van der Waals surface area contributed by atoms with E-state index in [1.54, 1.807) is 0 Å². The van der Waals surface area contributed by atoms with E-state index in [0.29, 0.717) is 13.2 Å². The second-order valence-electron chi connectivity index (χ2n) is 6.17. The number of hydrogen-bond acceptors (Lipinski definition) is 3. The highest BCUT2D eigenvalue weighted by Crippen LogP contribution is 2.19. The molecular formula is C19H30IN3O2. The Kier molecular flexibility index (Phi) is 9.85. The van der Waals surface area contributed by atoms with Gasteiger partial charge in [-0.25, -0.2) is 4.99 Å². The van der Waals surface area contributed by atoms with Crippen LogP contribution in [0.5, 0.6) is 0 Å². The largest absolute Gasteiger partial charge is 0.466 e. The standard InChI is InChI=1S/C19H29N3O2.HI/c1-4-20-19(21-14-16-8-6-15(3)7-9-16)22-12-10-17(11-13-22)18(23)24-5-2;/h6-9,17H,4-5,10-14H2,1-3H3,(H,20,21);1H. The van der Waals surface area contributed by atoms with Gasteiger partial charge in [-0.1, -0.05) is 29.8 Å². The SMILES string of the molecule is CCNC(=NCc1ccc(C)cc1)N1CCC(C(=O)OCC)CC1.I. The minimum atomic E-state index is -0.0567. The van der Waals surface area contributed by atoms with E-state index in [0.717, 1.165) is 38.4 Å². The summed E-state index contributed by atoms with van der Waals surface area (Å²) in [4.78, 5) is 18.9. The molecule has 2 rings (SSSR count). The molecule has 1 aromatic rings. The van der Waals surface area contributed by atoms with E-state index < -0.39 is 0 Å². The van der Waals surface area contributed by atoms with Crippen LogP contribution < -0.4 is 5.32 Å². The normalized spacial score (nSPS) is 15.5. The number of nitrogens with zero attached hydrogens (tertiary/aromatic N) is 2. The van der Waals surface area contributed by atoms with Crippen LogP contribution in [0.25, 0.3) is 0 Å².